The van der Waals surface area contributed by atoms with E-state index in [2.05, 4.69) is 25.7 Å². The highest BCUT2D eigenvalue weighted by molar-refractivity contribution is 5.40. The minimum absolute atomic E-state index is 0.0185. The van der Waals surface area contributed by atoms with Gasteiger partial charge in [-0.15, -0.1) is 0 Å². The van der Waals surface area contributed by atoms with Crippen molar-refractivity contribution in [3.05, 3.63) is 23.8 Å². The summed E-state index contributed by atoms with van der Waals surface area (Å²) in [4.78, 5) is 2.52. The molecule has 0 spiro atoms. The Bertz CT molecular complexity index is 445. The average Bonchev–Trinajstić information content (AvgIpc) is 2.43. The van der Waals surface area contributed by atoms with Gasteiger partial charge in [0.05, 0.1) is 6.61 Å². The molecule has 21 heavy (non-hydrogen) atoms. The van der Waals surface area contributed by atoms with E-state index < -0.39 is 0 Å². The molecule has 118 valence electrons. The number of ether oxygens (including phenoxy) is 1. The number of hydrogen-bond donors (Lipinski definition) is 1. The predicted molar refractivity (Wildman–Crippen MR) is 87.2 cm³/mol. The van der Waals surface area contributed by atoms with Crippen LogP contribution in [0, 0.1) is 0 Å². The number of nitrogens with zero attached hydrogens (tertiary/aromatic N) is 1. The number of phenolic OH excluding ortho intramolecular Hbond substituents is 1. The number of likely N-dealkylation sites (tertiary alicyclic amines) is 1. The van der Waals surface area contributed by atoms with Gasteiger partial charge in [-0.1, -0.05) is 27.2 Å². The minimum atomic E-state index is 0.0185. The van der Waals surface area contributed by atoms with Crippen LogP contribution >= 0.6 is 0 Å². The van der Waals surface area contributed by atoms with Gasteiger partial charge in [0.15, 0.2) is 0 Å². The van der Waals surface area contributed by atoms with Crippen LogP contribution in [0.15, 0.2) is 18.2 Å². The van der Waals surface area contributed by atoms with E-state index in [1.54, 1.807) is 6.07 Å². The minimum Gasteiger partial charge on any atom is -0.508 e. The van der Waals surface area contributed by atoms with Crippen LogP contribution in [0.3, 0.4) is 0 Å². The molecule has 1 saturated heterocycles. The highest BCUT2D eigenvalue weighted by Gasteiger charge is 2.16. The average molecular weight is 291 g/mol. The first-order chi connectivity index (χ1) is 9.95. The van der Waals surface area contributed by atoms with Crippen LogP contribution in [-0.4, -0.2) is 36.2 Å². The van der Waals surface area contributed by atoms with Crippen molar-refractivity contribution >= 4 is 0 Å². The fourth-order valence-corrected chi connectivity index (χ4v) is 2.76. The first-order valence-electron chi connectivity index (χ1n) is 8.15. The van der Waals surface area contributed by atoms with Gasteiger partial charge in [-0.05, 0) is 55.5 Å². The van der Waals surface area contributed by atoms with Crippen molar-refractivity contribution in [3.8, 4) is 11.5 Å². The van der Waals surface area contributed by atoms with Crippen LogP contribution in [0.4, 0.5) is 0 Å². The topological polar surface area (TPSA) is 32.7 Å². The first-order valence-corrected chi connectivity index (χ1v) is 8.15. The van der Waals surface area contributed by atoms with E-state index in [0.717, 1.165) is 24.3 Å². The molecule has 1 aromatic carbocycles. The van der Waals surface area contributed by atoms with E-state index in [-0.39, 0.29) is 11.2 Å². The molecule has 0 radical (unpaired) electrons. The monoisotopic (exact) mass is 291 g/mol. The maximum Gasteiger partial charge on any atom is 0.123 e. The quantitative estimate of drug-likeness (QED) is 0.834. The lowest BCUT2D eigenvalue weighted by atomic mass is 9.87. The van der Waals surface area contributed by atoms with E-state index in [4.69, 9.17) is 4.74 Å². The Kier molecular flexibility index (Phi) is 5.51. The zero-order chi connectivity index (χ0) is 15.3. The summed E-state index contributed by atoms with van der Waals surface area (Å²) in [5.74, 6) is 1.06. The third-order valence-electron chi connectivity index (χ3n) is 4.09. The molecule has 1 aliphatic rings. The lowest BCUT2D eigenvalue weighted by Gasteiger charge is -2.26. The third-order valence-corrected chi connectivity index (χ3v) is 4.09. The SMILES string of the molecule is CC(C)(C)c1cc(O)cc(OCCCN2CCCCC2)c1. The van der Waals surface area contributed by atoms with Crippen molar-refractivity contribution < 1.29 is 9.84 Å². The number of phenols is 1. The summed E-state index contributed by atoms with van der Waals surface area (Å²) in [6.45, 7) is 10.7. The standard InChI is InChI=1S/C18H29NO2/c1-18(2,3)15-12-16(20)14-17(13-15)21-11-7-10-19-8-5-4-6-9-19/h12-14,20H,4-11H2,1-3H3. The van der Waals surface area contributed by atoms with E-state index in [1.807, 2.05) is 12.1 Å². The summed E-state index contributed by atoms with van der Waals surface area (Å²) in [6, 6.07) is 5.57. The molecule has 1 heterocycles. The van der Waals surface area contributed by atoms with Gasteiger partial charge >= 0.3 is 0 Å². The fourth-order valence-electron chi connectivity index (χ4n) is 2.76. The molecule has 1 fully saturated rings. The normalized spacial score (nSPS) is 16.9. The maximum absolute atomic E-state index is 9.83. The van der Waals surface area contributed by atoms with Crippen LogP contribution in [0.2, 0.25) is 0 Å². The number of aromatic hydroxyl groups is 1. The van der Waals surface area contributed by atoms with Gasteiger partial charge < -0.3 is 14.7 Å². The summed E-state index contributed by atoms with van der Waals surface area (Å²) in [6.07, 6.45) is 5.09. The van der Waals surface area contributed by atoms with Crippen molar-refractivity contribution in [1.29, 1.82) is 0 Å². The zero-order valence-corrected chi connectivity index (χ0v) is 13.7. The Morgan fingerprint density at radius 3 is 2.48 bits per heavy atom. The van der Waals surface area contributed by atoms with Crippen LogP contribution in [-0.2, 0) is 5.41 Å². The number of piperidine rings is 1. The van der Waals surface area contributed by atoms with Crippen molar-refractivity contribution in [3.63, 3.8) is 0 Å². The second kappa shape index (κ2) is 7.17. The van der Waals surface area contributed by atoms with Crippen molar-refractivity contribution in [1.82, 2.24) is 4.90 Å². The molecular weight excluding hydrogens is 262 g/mol. The molecule has 0 amide bonds. The molecule has 0 bridgehead atoms. The molecule has 0 aromatic heterocycles. The van der Waals surface area contributed by atoms with Crippen LogP contribution < -0.4 is 4.74 Å². The third kappa shape index (κ3) is 5.24. The Morgan fingerprint density at radius 2 is 1.81 bits per heavy atom. The second-order valence-electron chi connectivity index (χ2n) is 7.07. The van der Waals surface area contributed by atoms with Gasteiger partial charge in [0.25, 0.3) is 0 Å². The lowest BCUT2D eigenvalue weighted by molar-refractivity contribution is 0.204. The van der Waals surface area contributed by atoms with Crippen molar-refractivity contribution in [2.75, 3.05) is 26.2 Å². The maximum atomic E-state index is 9.83. The molecule has 1 N–H and O–H groups in total. The molecule has 0 atom stereocenters. The molecule has 0 saturated carbocycles. The molecule has 0 aliphatic carbocycles. The summed E-state index contributed by atoms with van der Waals surface area (Å²) in [5, 5.41) is 9.83. The number of rotatable bonds is 5. The smallest absolute Gasteiger partial charge is 0.123 e. The van der Waals surface area contributed by atoms with Gasteiger partial charge in [-0.3, -0.25) is 0 Å². The molecule has 3 heteroatoms. The summed E-state index contributed by atoms with van der Waals surface area (Å²) < 4.78 is 5.83. The van der Waals surface area contributed by atoms with Crippen molar-refractivity contribution in [2.45, 2.75) is 51.9 Å². The summed E-state index contributed by atoms with van der Waals surface area (Å²) in [5.41, 5.74) is 1.12. The Hall–Kier alpha value is -1.22. The van der Waals surface area contributed by atoms with E-state index in [9.17, 15) is 5.11 Å². The molecule has 0 unspecified atom stereocenters. The summed E-state index contributed by atoms with van der Waals surface area (Å²) in [7, 11) is 0. The highest BCUT2D eigenvalue weighted by Crippen LogP contribution is 2.30. The van der Waals surface area contributed by atoms with Gasteiger partial charge in [-0.25, -0.2) is 0 Å². The number of hydrogen-bond acceptors (Lipinski definition) is 3. The van der Waals surface area contributed by atoms with Gasteiger partial charge in [0.2, 0.25) is 0 Å². The molecule has 1 aliphatic heterocycles. The van der Waals surface area contributed by atoms with Gasteiger partial charge in [-0.2, -0.15) is 0 Å². The fraction of sp³-hybridized carbons (Fsp3) is 0.667. The Balaban J connectivity index is 1.81. The Morgan fingerprint density at radius 1 is 1.10 bits per heavy atom. The largest absolute Gasteiger partial charge is 0.508 e. The Labute approximate surface area is 128 Å². The van der Waals surface area contributed by atoms with Crippen LogP contribution in [0.1, 0.15) is 52.0 Å². The van der Waals surface area contributed by atoms with Gasteiger partial charge in [0, 0.05) is 12.6 Å². The molecule has 3 nitrogen and oxygen atoms in total. The molecular formula is C18H29NO2. The zero-order valence-electron chi connectivity index (χ0n) is 13.7. The first kappa shape index (κ1) is 16.2. The molecule has 1 aromatic rings. The van der Waals surface area contributed by atoms with Crippen LogP contribution in [0.5, 0.6) is 11.5 Å². The van der Waals surface area contributed by atoms with Crippen molar-refractivity contribution in [2.24, 2.45) is 0 Å². The molecule has 2 rings (SSSR count). The van der Waals surface area contributed by atoms with Gasteiger partial charge in [0.1, 0.15) is 11.5 Å². The van der Waals surface area contributed by atoms with E-state index in [0.29, 0.717) is 6.61 Å². The number of benzene rings is 1. The van der Waals surface area contributed by atoms with Crippen LogP contribution in [0.25, 0.3) is 0 Å². The second-order valence-corrected chi connectivity index (χ2v) is 7.07. The van der Waals surface area contributed by atoms with E-state index in [1.165, 1.54) is 32.4 Å². The lowest BCUT2D eigenvalue weighted by Crippen LogP contribution is -2.31. The van der Waals surface area contributed by atoms with E-state index >= 15 is 0 Å². The predicted octanol–water partition coefficient (Wildman–Crippen LogP) is 3.94. The highest BCUT2D eigenvalue weighted by atomic mass is 16.5. The summed E-state index contributed by atoms with van der Waals surface area (Å²) >= 11 is 0.